The highest BCUT2D eigenvalue weighted by molar-refractivity contribution is 9.10. The van der Waals surface area contributed by atoms with E-state index in [1.54, 1.807) is 12.1 Å². The Balaban J connectivity index is 2.50. The summed E-state index contributed by atoms with van der Waals surface area (Å²) in [4.78, 5) is -0.336. The molecule has 0 saturated carbocycles. The first-order valence-corrected chi connectivity index (χ1v) is 7.50. The number of halogens is 5. The summed E-state index contributed by atoms with van der Waals surface area (Å²) in [6.45, 7) is 0. The molecule has 0 aliphatic rings. The van der Waals surface area contributed by atoms with Gasteiger partial charge in [-0.2, -0.15) is 0 Å². The molecule has 1 unspecified atom stereocenters. The Bertz CT molecular complexity index is 587. The highest BCUT2D eigenvalue weighted by atomic mass is 79.9. The topological polar surface area (TPSA) is 0 Å². The van der Waals surface area contributed by atoms with Crippen LogP contribution in [0, 0.1) is 5.82 Å². The lowest BCUT2D eigenvalue weighted by atomic mass is 10.0. The third-order valence-electron chi connectivity index (χ3n) is 2.49. The van der Waals surface area contributed by atoms with E-state index < -0.39 is 0 Å². The van der Waals surface area contributed by atoms with Crippen LogP contribution in [0.2, 0.25) is 10.0 Å². The molecule has 0 spiro atoms. The Hall–Kier alpha value is -0.0900. The average Bonchev–Trinajstić information content (AvgIpc) is 2.33. The molecule has 0 amide bonds. The predicted octanol–water partition coefficient (Wildman–Crippen LogP) is 6.38. The van der Waals surface area contributed by atoms with Gasteiger partial charge in [0.05, 0.1) is 9.85 Å². The molecule has 94 valence electrons. The summed E-state index contributed by atoms with van der Waals surface area (Å²) in [5.41, 5.74) is 1.26. The molecule has 2 aromatic rings. The van der Waals surface area contributed by atoms with Gasteiger partial charge in [0.2, 0.25) is 0 Å². The van der Waals surface area contributed by atoms with Crippen LogP contribution in [0.1, 0.15) is 16.0 Å². The molecule has 18 heavy (non-hydrogen) atoms. The minimum Gasteiger partial charge on any atom is -0.207 e. The second-order valence-electron chi connectivity index (χ2n) is 3.67. The van der Waals surface area contributed by atoms with Crippen LogP contribution < -0.4 is 0 Å². The second-order valence-corrected chi connectivity index (χ2v) is 6.26. The van der Waals surface area contributed by atoms with Gasteiger partial charge in [-0.05, 0) is 39.7 Å². The fourth-order valence-electron chi connectivity index (χ4n) is 1.58. The van der Waals surface area contributed by atoms with E-state index in [1.807, 2.05) is 18.2 Å². The molecule has 0 bridgehead atoms. The van der Waals surface area contributed by atoms with Crippen molar-refractivity contribution in [2.24, 2.45) is 0 Å². The van der Waals surface area contributed by atoms with Gasteiger partial charge in [-0.1, -0.05) is 57.3 Å². The zero-order valence-corrected chi connectivity index (χ0v) is 13.6. The van der Waals surface area contributed by atoms with Crippen LogP contribution >= 0.6 is 55.1 Å². The Morgan fingerprint density at radius 2 is 1.67 bits per heavy atom. The number of rotatable bonds is 2. The van der Waals surface area contributed by atoms with Gasteiger partial charge in [0, 0.05) is 15.1 Å². The van der Waals surface area contributed by atoms with E-state index in [9.17, 15) is 4.39 Å². The van der Waals surface area contributed by atoms with E-state index in [1.165, 1.54) is 6.07 Å². The van der Waals surface area contributed by atoms with E-state index in [2.05, 4.69) is 31.9 Å². The Morgan fingerprint density at radius 1 is 1.00 bits per heavy atom. The first kappa shape index (κ1) is 14.3. The molecule has 0 N–H and O–H groups in total. The standard InChI is InChI=1S/C13H7Br2Cl2F/c14-9-6-12(18)8(5-11(9)17)13(15)7-3-1-2-4-10(7)16/h1-6,13H. The van der Waals surface area contributed by atoms with Crippen molar-refractivity contribution in [3.8, 4) is 0 Å². The predicted molar refractivity (Wildman–Crippen MR) is 81.3 cm³/mol. The van der Waals surface area contributed by atoms with Crippen LogP contribution in [-0.2, 0) is 0 Å². The summed E-state index contributed by atoms with van der Waals surface area (Å²) in [6, 6.07) is 10.2. The molecular weight excluding hydrogens is 406 g/mol. The molecule has 2 aromatic carbocycles. The smallest absolute Gasteiger partial charge is 0.129 e. The van der Waals surface area contributed by atoms with E-state index in [4.69, 9.17) is 23.2 Å². The molecule has 0 nitrogen and oxygen atoms in total. The first-order valence-electron chi connectivity index (χ1n) is 5.03. The molecule has 0 radical (unpaired) electrons. The van der Waals surface area contributed by atoms with Gasteiger partial charge in [0.15, 0.2) is 0 Å². The highest BCUT2D eigenvalue weighted by Gasteiger charge is 2.18. The van der Waals surface area contributed by atoms with Crippen LogP contribution in [0.15, 0.2) is 40.9 Å². The lowest BCUT2D eigenvalue weighted by Gasteiger charge is -2.14. The van der Waals surface area contributed by atoms with Gasteiger partial charge in [-0.15, -0.1) is 0 Å². The van der Waals surface area contributed by atoms with E-state index >= 15 is 0 Å². The van der Waals surface area contributed by atoms with E-state index in [0.717, 1.165) is 5.56 Å². The van der Waals surface area contributed by atoms with Crippen molar-refractivity contribution in [2.45, 2.75) is 4.83 Å². The van der Waals surface area contributed by atoms with Crippen LogP contribution in [0.5, 0.6) is 0 Å². The van der Waals surface area contributed by atoms with Crippen molar-refractivity contribution in [2.75, 3.05) is 0 Å². The number of benzene rings is 2. The maximum atomic E-state index is 13.9. The van der Waals surface area contributed by atoms with Crippen molar-refractivity contribution in [1.82, 2.24) is 0 Å². The van der Waals surface area contributed by atoms with Crippen molar-refractivity contribution in [3.63, 3.8) is 0 Å². The molecular formula is C13H7Br2Cl2F. The first-order chi connectivity index (χ1) is 8.50. The monoisotopic (exact) mass is 410 g/mol. The fourth-order valence-corrected chi connectivity index (χ4v) is 3.19. The van der Waals surface area contributed by atoms with E-state index in [0.29, 0.717) is 20.1 Å². The Labute approximate surface area is 131 Å². The summed E-state index contributed by atoms with van der Waals surface area (Å²) in [7, 11) is 0. The lowest BCUT2D eigenvalue weighted by Crippen LogP contribution is -1.98. The van der Waals surface area contributed by atoms with E-state index in [-0.39, 0.29) is 10.6 Å². The maximum Gasteiger partial charge on any atom is 0.129 e. The summed E-state index contributed by atoms with van der Waals surface area (Å²) in [5.74, 6) is -0.340. The van der Waals surface area contributed by atoms with Gasteiger partial charge in [0.25, 0.3) is 0 Å². The molecule has 0 fully saturated rings. The third-order valence-corrected chi connectivity index (χ3v) is 5.02. The highest BCUT2D eigenvalue weighted by Crippen LogP contribution is 2.38. The summed E-state index contributed by atoms with van der Waals surface area (Å²) in [6.07, 6.45) is 0. The quantitative estimate of drug-likeness (QED) is 0.396. The van der Waals surface area contributed by atoms with Crippen LogP contribution in [-0.4, -0.2) is 0 Å². The van der Waals surface area contributed by atoms with Crippen molar-refractivity contribution < 1.29 is 4.39 Å². The zero-order chi connectivity index (χ0) is 13.3. The zero-order valence-electron chi connectivity index (χ0n) is 8.93. The SMILES string of the molecule is Fc1cc(Br)c(Cl)cc1C(Br)c1ccccc1Cl. The van der Waals surface area contributed by atoms with Crippen molar-refractivity contribution in [3.05, 3.63) is 67.9 Å². The number of hydrogen-bond acceptors (Lipinski definition) is 0. The van der Waals surface area contributed by atoms with Gasteiger partial charge in [-0.25, -0.2) is 4.39 Å². The minimum atomic E-state index is -0.340. The number of hydrogen-bond donors (Lipinski definition) is 0. The van der Waals surface area contributed by atoms with Crippen molar-refractivity contribution >= 4 is 55.1 Å². The van der Waals surface area contributed by atoms with Gasteiger partial charge >= 0.3 is 0 Å². The Kier molecular flexibility index (Phi) is 4.70. The molecule has 2 rings (SSSR count). The molecule has 1 atom stereocenters. The second kappa shape index (κ2) is 5.91. The van der Waals surface area contributed by atoms with Crippen LogP contribution in [0.4, 0.5) is 4.39 Å². The van der Waals surface area contributed by atoms with Crippen molar-refractivity contribution in [1.29, 1.82) is 0 Å². The molecule has 0 aliphatic carbocycles. The Morgan fingerprint density at radius 3 is 2.33 bits per heavy atom. The molecule has 5 heteroatoms. The molecule has 0 heterocycles. The maximum absolute atomic E-state index is 13.9. The van der Waals surface area contributed by atoms with Crippen LogP contribution in [0.3, 0.4) is 0 Å². The summed E-state index contributed by atoms with van der Waals surface area (Å²) >= 11 is 18.7. The summed E-state index contributed by atoms with van der Waals surface area (Å²) < 4.78 is 14.5. The lowest BCUT2D eigenvalue weighted by molar-refractivity contribution is 0.612. The van der Waals surface area contributed by atoms with Gasteiger partial charge in [-0.3, -0.25) is 0 Å². The van der Waals surface area contributed by atoms with Gasteiger partial charge < -0.3 is 0 Å². The fraction of sp³-hybridized carbons (Fsp3) is 0.0769. The normalized spacial score (nSPS) is 12.5. The average molecular weight is 413 g/mol. The van der Waals surface area contributed by atoms with Crippen LogP contribution in [0.25, 0.3) is 0 Å². The minimum absolute atomic E-state index is 0.336. The number of alkyl halides is 1. The van der Waals surface area contributed by atoms with Gasteiger partial charge in [0.1, 0.15) is 5.82 Å². The molecule has 0 saturated heterocycles. The third kappa shape index (κ3) is 2.90. The molecule has 0 aliphatic heterocycles. The summed E-state index contributed by atoms with van der Waals surface area (Å²) in [5, 5.41) is 1.04. The largest absolute Gasteiger partial charge is 0.207 e. The molecule has 0 aromatic heterocycles.